The molecule has 0 bridgehead atoms. The van der Waals surface area contributed by atoms with Crippen LogP contribution in [0, 0.1) is 6.92 Å². The van der Waals surface area contributed by atoms with Gasteiger partial charge >= 0.3 is 6.09 Å². The number of anilines is 1. The molecule has 1 fully saturated rings. The summed E-state index contributed by atoms with van der Waals surface area (Å²) in [4.78, 5) is 21.1. The quantitative estimate of drug-likeness (QED) is 0.452. The number of aryl methyl sites for hydroxylation is 1. The van der Waals surface area contributed by atoms with Gasteiger partial charge in [-0.1, -0.05) is 42.5 Å². The SMILES string of the molecule is Cc1cc(-c2ncnn3cc(N4CCN(C(=O)OCc5ccccc5)CC4)cc23)ccc1CN.Cl. The number of nitrogens with zero attached hydrogens (tertiary/aromatic N) is 5. The average Bonchev–Trinajstić information content (AvgIpc) is 3.32. The molecule has 2 aromatic carbocycles. The Labute approximate surface area is 210 Å². The van der Waals surface area contributed by atoms with E-state index < -0.39 is 0 Å². The van der Waals surface area contributed by atoms with Gasteiger partial charge in [-0.25, -0.2) is 14.3 Å². The summed E-state index contributed by atoms with van der Waals surface area (Å²) < 4.78 is 7.35. The summed E-state index contributed by atoms with van der Waals surface area (Å²) in [6.45, 7) is 5.55. The first-order chi connectivity index (χ1) is 16.6. The molecule has 3 heterocycles. The third-order valence-electron chi connectivity index (χ3n) is 6.34. The highest BCUT2D eigenvalue weighted by atomic mass is 35.5. The van der Waals surface area contributed by atoms with Gasteiger partial charge in [0.2, 0.25) is 0 Å². The second-order valence-corrected chi connectivity index (χ2v) is 8.50. The zero-order valence-electron chi connectivity index (χ0n) is 19.6. The van der Waals surface area contributed by atoms with Crippen LogP contribution >= 0.6 is 12.4 Å². The van der Waals surface area contributed by atoms with E-state index in [-0.39, 0.29) is 25.1 Å². The maximum absolute atomic E-state index is 12.5. The third-order valence-corrected chi connectivity index (χ3v) is 6.34. The number of carbonyl (C=O) groups is 1. The topological polar surface area (TPSA) is 89.0 Å². The molecular weight excluding hydrogens is 464 g/mol. The largest absolute Gasteiger partial charge is 0.445 e. The molecule has 1 amide bonds. The smallest absolute Gasteiger partial charge is 0.410 e. The van der Waals surface area contributed by atoms with Gasteiger partial charge in [0.1, 0.15) is 12.9 Å². The van der Waals surface area contributed by atoms with Gasteiger partial charge in [0.15, 0.2) is 0 Å². The Balaban J connectivity index is 0.00000289. The molecule has 2 N–H and O–H groups in total. The summed E-state index contributed by atoms with van der Waals surface area (Å²) in [5, 5.41) is 4.41. The molecule has 182 valence electrons. The standard InChI is InChI=1S/C26H28N6O2.ClH/c1-19-13-21(7-8-22(19)15-27)25-24-14-23(16-32(24)29-18-28-25)30-9-11-31(12-10-30)26(33)34-17-20-5-3-2-4-6-20;/h2-8,13-14,16,18H,9-12,15,17,27H2,1H3;1H. The number of fused-ring (bicyclic) bond motifs is 1. The lowest BCUT2D eigenvalue weighted by atomic mass is 10.0. The highest BCUT2D eigenvalue weighted by molar-refractivity contribution is 5.85. The van der Waals surface area contributed by atoms with Crippen LogP contribution in [-0.4, -0.2) is 51.8 Å². The van der Waals surface area contributed by atoms with Gasteiger partial charge < -0.3 is 20.3 Å². The Morgan fingerprint density at radius 2 is 1.83 bits per heavy atom. The number of benzene rings is 2. The zero-order valence-corrected chi connectivity index (χ0v) is 20.4. The van der Waals surface area contributed by atoms with Crippen LogP contribution in [0.1, 0.15) is 16.7 Å². The fraction of sp³-hybridized carbons (Fsp3) is 0.269. The lowest BCUT2D eigenvalue weighted by Crippen LogP contribution is -2.48. The van der Waals surface area contributed by atoms with Gasteiger partial charge in [0.05, 0.1) is 23.1 Å². The fourth-order valence-corrected chi connectivity index (χ4v) is 4.34. The van der Waals surface area contributed by atoms with Gasteiger partial charge in [0.25, 0.3) is 0 Å². The zero-order chi connectivity index (χ0) is 23.5. The van der Waals surface area contributed by atoms with Crippen LogP contribution in [0.5, 0.6) is 0 Å². The molecule has 35 heavy (non-hydrogen) atoms. The van der Waals surface area contributed by atoms with Crippen molar-refractivity contribution >= 4 is 29.7 Å². The summed E-state index contributed by atoms with van der Waals surface area (Å²) in [6.07, 6.45) is 3.33. The second kappa shape index (κ2) is 10.8. The van der Waals surface area contributed by atoms with Gasteiger partial charge in [0, 0.05) is 38.3 Å². The molecule has 2 aromatic heterocycles. The van der Waals surface area contributed by atoms with Crippen LogP contribution in [0.4, 0.5) is 10.5 Å². The van der Waals surface area contributed by atoms with E-state index in [0.717, 1.165) is 52.2 Å². The van der Waals surface area contributed by atoms with Crippen molar-refractivity contribution in [3.05, 3.63) is 83.8 Å². The summed E-state index contributed by atoms with van der Waals surface area (Å²) in [6, 6.07) is 18.1. The summed E-state index contributed by atoms with van der Waals surface area (Å²) in [5.41, 5.74) is 13.0. The second-order valence-electron chi connectivity index (χ2n) is 8.50. The number of rotatable bonds is 5. The number of hydrogen-bond donors (Lipinski definition) is 1. The number of ether oxygens (including phenoxy) is 1. The molecule has 0 radical (unpaired) electrons. The van der Waals surface area contributed by atoms with Gasteiger partial charge in [-0.3, -0.25) is 0 Å². The average molecular weight is 493 g/mol. The first-order valence-electron chi connectivity index (χ1n) is 11.5. The number of nitrogens with two attached hydrogens (primary N) is 1. The van der Waals surface area contributed by atoms with Crippen molar-refractivity contribution in [3.8, 4) is 11.3 Å². The van der Waals surface area contributed by atoms with E-state index in [1.807, 2.05) is 41.0 Å². The highest BCUT2D eigenvalue weighted by Gasteiger charge is 2.23. The first kappa shape index (κ1) is 24.5. The Bertz CT molecular complexity index is 1300. The van der Waals surface area contributed by atoms with Crippen LogP contribution in [-0.2, 0) is 17.9 Å². The molecule has 0 spiro atoms. The monoisotopic (exact) mass is 492 g/mol. The van der Waals surface area contributed by atoms with Crippen molar-refractivity contribution in [2.45, 2.75) is 20.1 Å². The molecular formula is C26H29ClN6O2. The molecule has 0 aliphatic carbocycles. The fourth-order valence-electron chi connectivity index (χ4n) is 4.34. The van der Waals surface area contributed by atoms with E-state index in [9.17, 15) is 4.79 Å². The van der Waals surface area contributed by atoms with Crippen molar-refractivity contribution < 1.29 is 9.53 Å². The van der Waals surface area contributed by atoms with Gasteiger partial charge in [-0.2, -0.15) is 5.10 Å². The number of aromatic nitrogens is 3. The molecule has 1 aliphatic rings. The van der Waals surface area contributed by atoms with E-state index in [4.69, 9.17) is 10.5 Å². The first-order valence-corrected chi connectivity index (χ1v) is 11.5. The van der Waals surface area contributed by atoms with Gasteiger partial charge in [-0.15, -0.1) is 12.4 Å². The van der Waals surface area contributed by atoms with Crippen molar-refractivity contribution in [2.75, 3.05) is 31.1 Å². The molecule has 9 heteroatoms. The minimum absolute atomic E-state index is 0. The number of piperazine rings is 1. The molecule has 1 aliphatic heterocycles. The van der Waals surface area contributed by atoms with Crippen LogP contribution in [0.3, 0.4) is 0 Å². The van der Waals surface area contributed by atoms with E-state index in [0.29, 0.717) is 19.6 Å². The van der Waals surface area contributed by atoms with E-state index in [1.165, 1.54) is 0 Å². The maximum atomic E-state index is 12.5. The predicted octanol–water partition coefficient (Wildman–Crippen LogP) is 4.04. The van der Waals surface area contributed by atoms with E-state index in [1.54, 1.807) is 11.2 Å². The van der Waals surface area contributed by atoms with Crippen LogP contribution in [0.25, 0.3) is 16.8 Å². The van der Waals surface area contributed by atoms with Crippen molar-refractivity contribution in [1.82, 2.24) is 19.5 Å². The Morgan fingerprint density at radius 1 is 1.06 bits per heavy atom. The predicted molar refractivity (Wildman–Crippen MR) is 139 cm³/mol. The van der Waals surface area contributed by atoms with E-state index >= 15 is 0 Å². The molecule has 1 saturated heterocycles. The number of hydrogen-bond acceptors (Lipinski definition) is 6. The lowest BCUT2D eigenvalue weighted by Gasteiger charge is -2.34. The van der Waals surface area contributed by atoms with E-state index in [2.05, 4.69) is 46.2 Å². The molecule has 4 aromatic rings. The molecule has 0 unspecified atom stereocenters. The lowest BCUT2D eigenvalue weighted by molar-refractivity contribution is 0.0942. The van der Waals surface area contributed by atoms with Gasteiger partial charge in [-0.05, 0) is 35.7 Å². The number of carbonyl (C=O) groups excluding carboxylic acids is 1. The number of halogens is 1. The van der Waals surface area contributed by atoms with Crippen molar-refractivity contribution in [2.24, 2.45) is 5.73 Å². The minimum atomic E-state index is -0.269. The molecule has 0 atom stereocenters. The Morgan fingerprint density at radius 3 is 2.54 bits per heavy atom. The normalized spacial score (nSPS) is 13.5. The van der Waals surface area contributed by atoms with Crippen LogP contribution < -0.4 is 10.6 Å². The highest BCUT2D eigenvalue weighted by Crippen LogP contribution is 2.28. The van der Waals surface area contributed by atoms with Crippen molar-refractivity contribution in [3.63, 3.8) is 0 Å². The van der Waals surface area contributed by atoms with Crippen LogP contribution in [0.2, 0.25) is 0 Å². The minimum Gasteiger partial charge on any atom is -0.445 e. The van der Waals surface area contributed by atoms with Crippen molar-refractivity contribution in [1.29, 1.82) is 0 Å². The van der Waals surface area contributed by atoms with Crippen LogP contribution in [0.15, 0.2) is 67.1 Å². The summed E-state index contributed by atoms with van der Waals surface area (Å²) in [7, 11) is 0. The Kier molecular flexibility index (Phi) is 7.53. The maximum Gasteiger partial charge on any atom is 0.410 e. The summed E-state index contributed by atoms with van der Waals surface area (Å²) in [5.74, 6) is 0. The molecule has 0 saturated carbocycles. The third kappa shape index (κ3) is 5.23. The summed E-state index contributed by atoms with van der Waals surface area (Å²) >= 11 is 0. The Hall–Kier alpha value is -3.62. The number of amides is 1. The molecule has 5 rings (SSSR count). The molecule has 8 nitrogen and oxygen atoms in total.